The Morgan fingerprint density at radius 1 is 0.818 bits per heavy atom. The first-order chi connectivity index (χ1) is 15.9. The van der Waals surface area contributed by atoms with E-state index in [-0.39, 0.29) is 23.3 Å². The molecule has 0 N–H and O–H groups in total. The van der Waals surface area contributed by atoms with Crippen LogP contribution in [0.15, 0.2) is 66.8 Å². The molecule has 0 aliphatic heterocycles. The third-order valence-electron chi connectivity index (χ3n) is 5.13. The highest BCUT2D eigenvalue weighted by molar-refractivity contribution is 5.91. The molecular formula is C27H23F5O. The molecule has 0 aliphatic rings. The molecule has 0 aromatic heterocycles. The number of halogens is 5. The van der Waals surface area contributed by atoms with Gasteiger partial charge in [0.25, 0.3) is 0 Å². The van der Waals surface area contributed by atoms with E-state index in [2.05, 4.69) is 0 Å². The van der Waals surface area contributed by atoms with Crippen LogP contribution in [0.4, 0.5) is 22.0 Å². The molecule has 6 heteroatoms. The van der Waals surface area contributed by atoms with Gasteiger partial charge in [-0.25, -0.2) is 22.0 Å². The molecule has 172 valence electrons. The van der Waals surface area contributed by atoms with Gasteiger partial charge in [0.1, 0.15) is 6.61 Å². The number of allylic oxidation sites excluding steroid dienone is 3. The Kier molecular flexibility index (Phi) is 8.04. The SMILES string of the molecule is CC=CCOc1ccc2cc(C(F)=C(F)c3ccc(CC/C=C/C)cc3)c(F)c(F)c2c1F. The summed E-state index contributed by atoms with van der Waals surface area (Å²) in [6, 6.07) is 9.42. The summed E-state index contributed by atoms with van der Waals surface area (Å²) in [7, 11) is 0. The maximum atomic E-state index is 14.9. The minimum Gasteiger partial charge on any atom is -0.486 e. The van der Waals surface area contributed by atoms with E-state index < -0.39 is 40.1 Å². The summed E-state index contributed by atoms with van der Waals surface area (Å²) in [5.41, 5.74) is -0.103. The van der Waals surface area contributed by atoms with Gasteiger partial charge in [-0.05, 0) is 49.8 Å². The molecule has 0 aliphatic carbocycles. The van der Waals surface area contributed by atoms with E-state index in [0.29, 0.717) is 0 Å². The predicted octanol–water partition coefficient (Wildman–Crippen LogP) is 8.49. The zero-order valence-corrected chi connectivity index (χ0v) is 18.3. The number of aryl methyl sites for hydroxylation is 1. The quantitative estimate of drug-likeness (QED) is 0.187. The average molecular weight is 458 g/mol. The Morgan fingerprint density at radius 3 is 2.18 bits per heavy atom. The lowest BCUT2D eigenvalue weighted by atomic mass is 10.0. The Morgan fingerprint density at radius 2 is 1.52 bits per heavy atom. The van der Waals surface area contributed by atoms with Crippen molar-refractivity contribution in [2.75, 3.05) is 6.61 Å². The molecule has 1 nitrogen and oxygen atoms in total. The van der Waals surface area contributed by atoms with Gasteiger partial charge in [-0.1, -0.05) is 54.6 Å². The third-order valence-corrected chi connectivity index (χ3v) is 5.13. The lowest BCUT2D eigenvalue weighted by Gasteiger charge is -2.11. The monoisotopic (exact) mass is 458 g/mol. The maximum absolute atomic E-state index is 14.9. The first-order valence-electron chi connectivity index (χ1n) is 10.5. The Bertz CT molecular complexity index is 1220. The fourth-order valence-corrected chi connectivity index (χ4v) is 3.35. The predicted molar refractivity (Wildman–Crippen MR) is 123 cm³/mol. The minimum atomic E-state index is -1.68. The van der Waals surface area contributed by atoms with Crippen molar-refractivity contribution < 1.29 is 26.7 Å². The van der Waals surface area contributed by atoms with Gasteiger partial charge in [-0.15, -0.1) is 0 Å². The van der Waals surface area contributed by atoms with E-state index >= 15 is 0 Å². The number of benzene rings is 3. The van der Waals surface area contributed by atoms with Crippen LogP contribution in [0.1, 0.15) is 37.0 Å². The molecule has 0 heterocycles. The van der Waals surface area contributed by atoms with Gasteiger partial charge < -0.3 is 4.74 Å². The van der Waals surface area contributed by atoms with Crippen molar-refractivity contribution in [1.82, 2.24) is 0 Å². The number of hydrogen-bond acceptors (Lipinski definition) is 1. The summed E-state index contributed by atoms with van der Waals surface area (Å²) in [6.07, 6.45) is 8.75. The fraction of sp³-hybridized carbons (Fsp3) is 0.185. The van der Waals surface area contributed by atoms with Crippen molar-refractivity contribution in [3.05, 3.63) is 101 Å². The van der Waals surface area contributed by atoms with Gasteiger partial charge in [0.05, 0.1) is 10.9 Å². The van der Waals surface area contributed by atoms with Crippen LogP contribution in [0.25, 0.3) is 22.4 Å². The molecule has 0 saturated heterocycles. The molecule has 0 unspecified atom stereocenters. The highest BCUT2D eigenvalue weighted by Gasteiger charge is 2.23. The molecule has 0 bridgehead atoms. The van der Waals surface area contributed by atoms with Crippen LogP contribution >= 0.6 is 0 Å². The third kappa shape index (κ3) is 5.33. The summed E-state index contributed by atoms with van der Waals surface area (Å²) in [5, 5.41) is -0.810. The van der Waals surface area contributed by atoms with Gasteiger partial charge >= 0.3 is 0 Å². The molecule has 3 aromatic carbocycles. The molecule has 3 rings (SSSR count). The fourth-order valence-electron chi connectivity index (χ4n) is 3.35. The number of fused-ring (bicyclic) bond motifs is 1. The van der Waals surface area contributed by atoms with Crippen molar-refractivity contribution in [2.24, 2.45) is 0 Å². The molecule has 3 aromatic rings. The highest BCUT2D eigenvalue weighted by Crippen LogP contribution is 2.36. The summed E-state index contributed by atoms with van der Waals surface area (Å²) in [6.45, 7) is 3.70. The van der Waals surface area contributed by atoms with Crippen LogP contribution < -0.4 is 4.74 Å². The van der Waals surface area contributed by atoms with Crippen LogP contribution in [0.3, 0.4) is 0 Å². The first-order valence-corrected chi connectivity index (χ1v) is 10.5. The second-order valence-electron chi connectivity index (χ2n) is 7.34. The van der Waals surface area contributed by atoms with Crippen molar-refractivity contribution in [3.63, 3.8) is 0 Å². The number of hydrogen-bond donors (Lipinski definition) is 0. The standard InChI is InChI=1S/C27H23F5O/c1-3-5-7-8-17-9-11-18(12-10-17)23(28)24(29)20-16-19-13-14-21(33-15-6-4-2)26(31)22(19)27(32)25(20)30/h3-6,9-14,16H,7-8,15H2,1-2H3/b5-3+,6-4?,24-23?. The van der Waals surface area contributed by atoms with Crippen LogP contribution in [0.2, 0.25) is 0 Å². The van der Waals surface area contributed by atoms with E-state index in [9.17, 15) is 22.0 Å². The van der Waals surface area contributed by atoms with Crippen LogP contribution in [0, 0.1) is 17.5 Å². The normalized spacial score (nSPS) is 12.7. The van der Waals surface area contributed by atoms with Gasteiger partial charge in [0, 0.05) is 5.56 Å². The second-order valence-corrected chi connectivity index (χ2v) is 7.34. The molecule has 0 spiro atoms. The largest absolute Gasteiger partial charge is 0.486 e. The van der Waals surface area contributed by atoms with Gasteiger partial charge in [-0.2, -0.15) is 0 Å². The summed E-state index contributed by atoms with van der Waals surface area (Å²) < 4.78 is 78.9. The van der Waals surface area contributed by atoms with E-state index in [0.717, 1.165) is 24.5 Å². The summed E-state index contributed by atoms with van der Waals surface area (Å²) >= 11 is 0. The number of ether oxygens (including phenoxy) is 1. The van der Waals surface area contributed by atoms with Crippen molar-refractivity contribution in [1.29, 1.82) is 0 Å². The first kappa shape index (κ1) is 24.2. The Balaban J connectivity index is 1.99. The minimum absolute atomic E-state index is 0.0395. The molecule has 0 saturated carbocycles. The van der Waals surface area contributed by atoms with E-state index in [1.54, 1.807) is 31.2 Å². The second kappa shape index (κ2) is 10.9. The lowest BCUT2D eigenvalue weighted by molar-refractivity contribution is 0.342. The molecule has 0 radical (unpaired) electrons. The van der Waals surface area contributed by atoms with Crippen molar-refractivity contribution in [2.45, 2.75) is 26.7 Å². The molecule has 0 fully saturated rings. The van der Waals surface area contributed by atoms with Crippen molar-refractivity contribution in [3.8, 4) is 5.75 Å². The van der Waals surface area contributed by atoms with Crippen molar-refractivity contribution >= 4 is 22.4 Å². The summed E-state index contributed by atoms with van der Waals surface area (Å²) in [5.74, 6) is -7.58. The van der Waals surface area contributed by atoms with Gasteiger partial charge in [-0.3, -0.25) is 0 Å². The smallest absolute Gasteiger partial charge is 0.175 e. The van der Waals surface area contributed by atoms with Crippen LogP contribution in [0.5, 0.6) is 5.75 Å². The zero-order valence-electron chi connectivity index (χ0n) is 18.3. The van der Waals surface area contributed by atoms with Gasteiger partial charge in [0.15, 0.2) is 34.9 Å². The topological polar surface area (TPSA) is 9.23 Å². The molecule has 0 atom stereocenters. The Labute approximate surface area is 189 Å². The van der Waals surface area contributed by atoms with Crippen LogP contribution in [-0.2, 0) is 6.42 Å². The number of rotatable bonds is 8. The Hall–Kier alpha value is -3.41. The van der Waals surface area contributed by atoms with Gasteiger partial charge in [0.2, 0.25) is 0 Å². The van der Waals surface area contributed by atoms with E-state index in [4.69, 9.17) is 4.74 Å². The lowest BCUT2D eigenvalue weighted by Crippen LogP contribution is -2.00. The molecule has 0 amide bonds. The van der Waals surface area contributed by atoms with E-state index in [1.807, 2.05) is 19.1 Å². The molecular weight excluding hydrogens is 435 g/mol. The van der Waals surface area contributed by atoms with Crippen LogP contribution in [-0.4, -0.2) is 6.61 Å². The molecule has 33 heavy (non-hydrogen) atoms. The zero-order chi connectivity index (χ0) is 24.0. The highest BCUT2D eigenvalue weighted by atomic mass is 19.2. The van der Waals surface area contributed by atoms with E-state index in [1.165, 1.54) is 24.3 Å². The maximum Gasteiger partial charge on any atom is 0.175 e. The summed E-state index contributed by atoms with van der Waals surface area (Å²) in [4.78, 5) is 0. The average Bonchev–Trinajstić information content (AvgIpc) is 2.82.